The first kappa shape index (κ1) is 23.2. The smallest absolute Gasteiger partial charge is 0.241 e. The van der Waals surface area contributed by atoms with E-state index in [0.29, 0.717) is 16.5 Å². The fraction of sp³-hybridized carbons (Fsp3) is 0.652. The Labute approximate surface area is 165 Å². The maximum absolute atomic E-state index is 6.71. The van der Waals surface area contributed by atoms with E-state index in [1.165, 1.54) is 11.3 Å². The fourth-order valence-electron chi connectivity index (χ4n) is 3.56. The quantitative estimate of drug-likeness (QED) is 0.307. The van der Waals surface area contributed by atoms with E-state index in [4.69, 9.17) is 4.43 Å². The van der Waals surface area contributed by atoms with Crippen LogP contribution in [0.3, 0.4) is 0 Å². The minimum atomic E-state index is -1.68. The maximum atomic E-state index is 6.71. The summed E-state index contributed by atoms with van der Waals surface area (Å²) in [7, 11) is -3.33. The molecule has 0 spiro atoms. The van der Waals surface area contributed by atoms with E-state index in [9.17, 15) is 0 Å². The van der Waals surface area contributed by atoms with Gasteiger partial charge in [0.2, 0.25) is 8.32 Å². The predicted molar refractivity (Wildman–Crippen MR) is 123 cm³/mol. The molecule has 148 valence electrons. The van der Waals surface area contributed by atoms with E-state index in [-0.39, 0.29) is 0 Å². The van der Waals surface area contributed by atoms with Crippen LogP contribution in [0.4, 0.5) is 0 Å². The van der Waals surface area contributed by atoms with Crippen LogP contribution in [0.2, 0.25) is 43.3 Å². The summed E-state index contributed by atoms with van der Waals surface area (Å²) in [6.45, 7) is 24.0. The molecule has 3 heteroatoms. The Morgan fingerprint density at radius 3 is 2.00 bits per heavy atom. The van der Waals surface area contributed by atoms with Crippen LogP contribution in [0.5, 0.6) is 0 Å². The van der Waals surface area contributed by atoms with Gasteiger partial charge in [-0.15, -0.1) is 0 Å². The lowest BCUT2D eigenvalue weighted by molar-refractivity contribution is 0.381. The molecule has 0 N–H and O–H groups in total. The highest BCUT2D eigenvalue weighted by Crippen LogP contribution is 2.53. The summed E-state index contributed by atoms with van der Waals surface area (Å²) in [5.74, 6) is 1.94. The molecule has 1 rings (SSSR count). The summed E-state index contributed by atoms with van der Waals surface area (Å²) >= 11 is 0. The van der Waals surface area contributed by atoms with Gasteiger partial charge in [-0.05, 0) is 55.1 Å². The van der Waals surface area contributed by atoms with Gasteiger partial charge in [0, 0.05) is 5.54 Å². The third kappa shape index (κ3) is 5.85. The number of allylic oxidation sites excluding steroid dienone is 2. The maximum Gasteiger partial charge on any atom is 0.241 e. The zero-order chi connectivity index (χ0) is 20.2. The standard InChI is InChI=1S/C23H42OSi2/c1-11-15-21(24-25(6,7)8)22(18-20-16-13-12-14-17-20)26(9,10)23(4,5)19(2)3/h12-17,19,22H,11,18H2,1-10H3/b21-15-. The molecule has 0 amide bonds. The van der Waals surface area contributed by atoms with Crippen molar-refractivity contribution < 1.29 is 4.43 Å². The van der Waals surface area contributed by atoms with Crippen molar-refractivity contribution in [2.24, 2.45) is 5.92 Å². The minimum Gasteiger partial charge on any atom is -0.548 e. The van der Waals surface area contributed by atoms with Gasteiger partial charge in [0.05, 0.1) is 13.8 Å². The molecule has 1 aromatic carbocycles. The summed E-state index contributed by atoms with van der Waals surface area (Å²) < 4.78 is 6.71. The Morgan fingerprint density at radius 2 is 1.58 bits per heavy atom. The molecule has 26 heavy (non-hydrogen) atoms. The fourth-order valence-corrected chi connectivity index (χ4v) is 8.63. The average molecular weight is 391 g/mol. The van der Waals surface area contributed by atoms with Crippen molar-refractivity contribution in [1.82, 2.24) is 0 Å². The highest BCUT2D eigenvalue weighted by molar-refractivity contribution is 6.82. The molecular formula is C23H42OSi2. The lowest BCUT2D eigenvalue weighted by Crippen LogP contribution is -2.48. The van der Waals surface area contributed by atoms with Crippen molar-refractivity contribution in [2.75, 3.05) is 0 Å². The SMILES string of the molecule is CC/C=C(\O[Si](C)(C)C)C(Cc1ccccc1)[Si](C)(C)C(C)(C)C(C)C. The lowest BCUT2D eigenvalue weighted by atomic mass is 9.99. The van der Waals surface area contributed by atoms with E-state index in [2.05, 4.69) is 104 Å². The predicted octanol–water partition coefficient (Wildman–Crippen LogP) is 7.89. The molecule has 1 nitrogen and oxygen atoms in total. The first-order valence-electron chi connectivity index (χ1n) is 10.3. The van der Waals surface area contributed by atoms with E-state index in [1.807, 2.05) is 0 Å². The molecule has 0 saturated carbocycles. The number of benzene rings is 1. The average Bonchev–Trinajstić information content (AvgIpc) is 2.51. The van der Waals surface area contributed by atoms with Crippen LogP contribution in [-0.2, 0) is 10.8 Å². The van der Waals surface area contributed by atoms with Crippen molar-refractivity contribution >= 4 is 16.4 Å². The van der Waals surface area contributed by atoms with E-state index >= 15 is 0 Å². The van der Waals surface area contributed by atoms with Crippen molar-refractivity contribution in [3.8, 4) is 0 Å². The van der Waals surface area contributed by atoms with Crippen molar-refractivity contribution in [3.05, 3.63) is 47.7 Å². The molecule has 0 radical (unpaired) electrons. The second kappa shape index (κ2) is 8.92. The molecule has 0 heterocycles. The van der Waals surface area contributed by atoms with Crippen LogP contribution in [0.1, 0.15) is 46.6 Å². The molecular weight excluding hydrogens is 348 g/mol. The van der Waals surface area contributed by atoms with Gasteiger partial charge in [-0.2, -0.15) is 0 Å². The Hall–Kier alpha value is -0.806. The molecule has 0 fully saturated rings. The number of rotatable bonds is 9. The highest BCUT2D eigenvalue weighted by atomic mass is 28.4. The van der Waals surface area contributed by atoms with Crippen LogP contribution in [0.25, 0.3) is 0 Å². The lowest BCUT2D eigenvalue weighted by Gasteiger charge is -2.49. The first-order chi connectivity index (χ1) is 11.8. The van der Waals surface area contributed by atoms with Crippen molar-refractivity contribution in [1.29, 1.82) is 0 Å². The van der Waals surface area contributed by atoms with E-state index in [1.54, 1.807) is 0 Å². The summed E-state index contributed by atoms with van der Waals surface area (Å²) in [5, 5.41) is 0.335. The van der Waals surface area contributed by atoms with Crippen molar-refractivity contribution in [3.63, 3.8) is 0 Å². The second-order valence-electron chi connectivity index (χ2n) is 10.1. The molecule has 0 aliphatic rings. The summed E-state index contributed by atoms with van der Waals surface area (Å²) in [6, 6.07) is 11.0. The largest absolute Gasteiger partial charge is 0.548 e. The third-order valence-electron chi connectivity index (χ3n) is 6.43. The topological polar surface area (TPSA) is 9.23 Å². The third-order valence-corrected chi connectivity index (χ3v) is 13.4. The Kier molecular flexibility index (Phi) is 7.97. The van der Waals surface area contributed by atoms with Gasteiger partial charge < -0.3 is 4.43 Å². The first-order valence-corrected chi connectivity index (χ1v) is 16.7. The molecule has 0 aliphatic heterocycles. The minimum absolute atomic E-state index is 0.335. The van der Waals surface area contributed by atoms with Crippen LogP contribution >= 0.6 is 0 Å². The van der Waals surface area contributed by atoms with Gasteiger partial charge in [0.25, 0.3) is 0 Å². The van der Waals surface area contributed by atoms with Gasteiger partial charge >= 0.3 is 0 Å². The molecule has 1 unspecified atom stereocenters. The Bertz CT molecular complexity index is 580. The zero-order valence-electron chi connectivity index (χ0n) is 18.9. The highest BCUT2D eigenvalue weighted by Gasteiger charge is 2.48. The Balaban J connectivity index is 3.43. The van der Waals surface area contributed by atoms with Crippen LogP contribution in [0.15, 0.2) is 42.2 Å². The molecule has 0 aliphatic carbocycles. The van der Waals surface area contributed by atoms with Gasteiger partial charge in [0.15, 0.2) is 0 Å². The van der Waals surface area contributed by atoms with Crippen LogP contribution < -0.4 is 0 Å². The van der Waals surface area contributed by atoms with Gasteiger partial charge in [0.1, 0.15) is 0 Å². The molecule has 1 atom stereocenters. The van der Waals surface area contributed by atoms with Gasteiger partial charge in [-0.3, -0.25) is 0 Å². The Morgan fingerprint density at radius 1 is 1.04 bits per heavy atom. The molecule has 0 aromatic heterocycles. The summed E-state index contributed by atoms with van der Waals surface area (Å²) in [4.78, 5) is 0. The molecule has 0 saturated heterocycles. The number of hydrogen-bond acceptors (Lipinski definition) is 1. The van der Waals surface area contributed by atoms with Gasteiger partial charge in [-0.25, -0.2) is 0 Å². The monoisotopic (exact) mass is 390 g/mol. The van der Waals surface area contributed by atoms with Gasteiger partial charge in [-0.1, -0.05) is 78.0 Å². The normalized spacial score (nSPS) is 15.3. The van der Waals surface area contributed by atoms with Crippen LogP contribution in [0, 0.1) is 5.92 Å². The summed E-state index contributed by atoms with van der Waals surface area (Å²) in [6.07, 6.45) is 4.50. The molecule has 1 aromatic rings. The van der Waals surface area contributed by atoms with Crippen molar-refractivity contribution in [2.45, 2.75) is 90.8 Å². The second-order valence-corrected chi connectivity index (χ2v) is 19.9. The summed E-state index contributed by atoms with van der Waals surface area (Å²) in [5.41, 5.74) is 1.94. The zero-order valence-corrected chi connectivity index (χ0v) is 20.9. The number of hydrogen-bond donors (Lipinski definition) is 0. The molecule has 0 bridgehead atoms. The van der Waals surface area contributed by atoms with E-state index in [0.717, 1.165) is 12.8 Å². The van der Waals surface area contributed by atoms with E-state index < -0.39 is 16.4 Å². The van der Waals surface area contributed by atoms with Crippen LogP contribution in [-0.4, -0.2) is 16.4 Å².